The number of benzene rings is 2. The molecule has 51 heavy (non-hydrogen) atoms. The predicted octanol–water partition coefficient (Wildman–Crippen LogP) is 14.1. The van der Waals surface area contributed by atoms with Crippen LogP contribution >= 0.6 is 21.0 Å². The van der Waals surface area contributed by atoms with Gasteiger partial charge in [0.05, 0.1) is 0 Å². The highest BCUT2D eigenvalue weighted by Crippen LogP contribution is 2.50. The first-order chi connectivity index (χ1) is 24.1. The van der Waals surface area contributed by atoms with Crippen LogP contribution < -0.4 is 9.47 Å². The number of hydrogen-bond donors (Lipinski definition) is 0. The maximum Gasteiger partial charge on any atom is 0.245 e. The predicted molar refractivity (Wildman–Crippen MR) is 229 cm³/mol. The van der Waals surface area contributed by atoms with Gasteiger partial charge in [-0.25, -0.2) is 0 Å². The molecular formula is C47H72O2S2. The standard InChI is InChI=1S/C47H72O2S2/c1-45(2,3)37-27-35-31-50(9)41-25-19-11-12-20-26-42(41)51(10)32-36-28-38(46(4,5)6)30-40(34-23-17-14-18-24-34)44(36)49-47(7,8)48-43(35)39(29-37)33-21-15-13-16-22-33/h27-30,33-34,41-42H,9-26,31-32H2,1-8H3. The molecule has 0 spiro atoms. The number of ether oxygens (including phenoxy) is 2. The summed E-state index contributed by atoms with van der Waals surface area (Å²) in [5, 5.41) is 1.19. The molecule has 1 aliphatic heterocycles. The van der Waals surface area contributed by atoms with E-state index in [1.54, 1.807) is 0 Å². The third-order valence-corrected chi connectivity index (χ3v) is 17.0. The Kier molecular flexibility index (Phi) is 12.3. The third kappa shape index (κ3) is 9.41. The first-order valence-corrected chi connectivity index (χ1v) is 24.1. The zero-order chi connectivity index (χ0) is 36.6. The molecule has 4 aliphatic rings. The molecular weight excluding hydrogens is 661 g/mol. The van der Waals surface area contributed by atoms with Gasteiger partial charge < -0.3 is 9.47 Å². The molecule has 2 aromatic rings. The average molecular weight is 733 g/mol. The van der Waals surface area contributed by atoms with E-state index in [4.69, 9.17) is 21.2 Å². The molecule has 0 N–H and O–H groups in total. The Morgan fingerprint density at radius 3 is 1.22 bits per heavy atom. The molecule has 3 fully saturated rings. The van der Waals surface area contributed by atoms with Crippen LogP contribution in [-0.4, -0.2) is 28.0 Å². The molecule has 3 saturated carbocycles. The summed E-state index contributed by atoms with van der Waals surface area (Å²) >= 11 is 0. The van der Waals surface area contributed by atoms with Gasteiger partial charge >= 0.3 is 0 Å². The normalized spacial score (nSPS) is 27.5. The van der Waals surface area contributed by atoms with Crippen molar-refractivity contribution in [2.45, 2.75) is 209 Å². The van der Waals surface area contributed by atoms with E-state index in [-0.39, 0.29) is 31.8 Å². The summed E-state index contributed by atoms with van der Waals surface area (Å²) in [6.45, 7) is 18.7. The molecule has 4 atom stereocenters. The Bertz CT molecular complexity index is 1440. The zero-order valence-corrected chi connectivity index (χ0v) is 35.5. The van der Waals surface area contributed by atoms with Crippen LogP contribution in [0.3, 0.4) is 0 Å². The van der Waals surface area contributed by atoms with E-state index in [1.165, 1.54) is 136 Å². The molecule has 2 aromatic carbocycles. The fraction of sp³-hybridized carbons (Fsp3) is 0.702. The molecule has 6 rings (SSSR count). The van der Waals surface area contributed by atoms with Gasteiger partial charge in [0.25, 0.3) is 0 Å². The lowest BCUT2D eigenvalue weighted by Gasteiger charge is -2.36. The summed E-state index contributed by atoms with van der Waals surface area (Å²) in [7, 11) is -0.0708. The Morgan fingerprint density at radius 1 is 0.529 bits per heavy atom. The van der Waals surface area contributed by atoms with Crippen LogP contribution in [0.5, 0.6) is 11.5 Å². The van der Waals surface area contributed by atoms with Crippen molar-refractivity contribution in [3.63, 3.8) is 0 Å². The first-order valence-electron chi connectivity index (χ1n) is 20.8. The van der Waals surface area contributed by atoms with Crippen LogP contribution in [0.25, 0.3) is 0 Å². The molecule has 0 saturated heterocycles. The fourth-order valence-electron chi connectivity index (χ4n) is 9.49. The van der Waals surface area contributed by atoms with Gasteiger partial charge in [0.1, 0.15) is 11.5 Å². The molecule has 284 valence electrons. The van der Waals surface area contributed by atoms with E-state index in [9.17, 15) is 0 Å². The quantitative estimate of drug-likeness (QED) is 0.286. The molecule has 3 aliphatic carbocycles. The Morgan fingerprint density at radius 2 is 0.863 bits per heavy atom. The number of rotatable bonds is 2. The van der Waals surface area contributed by atoms with Crippen LogP contribution in [-0.2, 0) is 22.3 Å². The van der Waals surface area contributed by atoms with Gasteiger partial charge in [0.2, 0.25) is 5.79 Å². The highest BCUT2D eigenvalue weighted by atomic mass is 32.2. The van der Waals surface area contributed by atoms with E-state index in [0.717, 1.165) is 23.0 Å². The number of fused-ring (bicyclic) bond motifs is 3. The summed E-state index contributed by atoms with van der Waals surface area (Å²) in [6.07, 6.45) is 20.9. The molecule has 1 heterocycles. The van der Waals surface area contributed by atoms with Crippen LogP contribution in [0, 0.1) is 0 Å². The van der Waals surface area contributed by atoms with Gasteiger partial charge in [-0.1, -0.05) is 142 Å². The van der Waals surface area contributed by atoms with Crippen molar-refractivity contribution >= 4 is 32.7 Å². The van der Waals surface area contributed by atoms with E-state index in [1.807, 2.05) is 0 Å². The largest absolute Gasteiger partial charge is 0.452 e. The monoisotopic (exact) mass is 732 g/mol. The van der Waals surface area contributed by atoms with Crippen molar-refractivity contribution in [2.24, 2.45) is 0 Å². The third-order valence-electron chi connectivity index (χ3n) is 12.6. The summed E-state index contributed by atoms with van der Waals surface area (Å²) < 4.78 is 14.9. The molecule has 0 bridgehead atoms. The summed E-state index contributed by atoms with van der Waals surface area (Å²) in [6, 6.07) is 10.1. The highest BCUT2D eigenvalue weighted by Gasteiger charge is 2.36. The Labute approximate surface area is 318 Å². The topological polar surface area (TPSA) is 18.5 Å². The minimum atomic E-state index is -0.835. The Hall–Kier alpha value is -1.52. The Balaban J connectivity index is 1.58. The van der Waals surface area contributed by atoms with E-state index < -0.39 is 5.79 Å². The number of hydrogen-bond acceptors (Lipinski definition) is 2. The second kappa shape index (κ2) is 16.1. The SMILES string of the molecule is C=S1Cc2cc(C(C)(C)C)cc(C3CCCCC3)c2OC(C)(C)Oc2c(cc(C(C)(C)C)cc2C2CCCCC2)CS(=C)C2CCCCCCC21. The first kappa shape index (κ1) is 39.2. The maximum atomic E-state index is 7.44. The molecule has 0 aromatic heterocycles. The second-order valence-electron chi connectivity index (χ2n) is 19.3. The van der Waals surface area contributed by atoms with Crippen molar-refractivity contribution in [2.75, 3.05) is 0 Å². The smallest absolute Gasteiger partial charge is 0.245 e. The van der Waals surface area contributed by atoms with Crippen LogP contribution in [0.4, 0.5) is 0 Å². The van der Waals surface area contributed by atoms with Crippen LogP contribution in [0.1, 0.15) is 203 Å². The van der Waals surface area contributed by atoms with Gasteiger partial charge in [-0.3, -0.25) is 0 Å². The zero-order valence-electron chi connectivity index (χ0n) is 33.9. The van der Waals surface area contributed by atoms with Gasteiger partial charge in [-0.15, -0.1) is 0 Å². The lowest BCUT2D eigenvalue weighted by atomic mass is 9.78. The van der Waals surface area contributed by atoms with Crippen LogP contribution in [0.15, 0.2) is 24.3 Å². The molecule has 4 heteroatoms. The molecule has 2 nitrogen and oxygen atoms in total. The minimum Gasteiger partial charge on any atom is -0.452 e. The van der Waals surface area contributed by atoms with E-state index >= 15 is 0 Å². The maximum absolute atomic E-state index is 7.44. The van der Waals surface area contributed by atoms with Crippen molar-refractivity contribution < 1.29 is 9.47 Å². The van der Waals surface area contributed by atoms with Crippen molar-refractivity contribution in [3.05, 3.63) is 57.6 Å². The lowest BCUT2D eigenvalue weighted by Crippen LogP contribution is -2.37. The van der Waals surface area contributed by atoms with Gasteiger partial charge in [0.15, 0.2) is 0 Å². The van der Waals surface area contributed by atoms with Crippen molar-refractivity contribution in [1.82, 2.24) is 0 Å². The minimum absolute atomic E-state index is 0.0354. The summed E-state index contributed by atoms with van der Waals surface area (Å²) in [5.41, 5.74) is 8.62. The van der Waals surface area contributed by atoms with Gasteiger partial charge in [0, 0.05) is 47.0 Å². The van der Waals surface area contributed by atoms with Crippen LogP contribution in [0.2, 0.25) is 0 Å². The van der Waals surface area contributed by atoms with Gasteiger partial charge in [-0.2, -0.15) is 21.0 Å². The average Bonchev–Trinajstić information content (AvgIpc) is 3.05. The second-order valence-corrected chi connectivity index (χ2v) is 23.3. The van der Waals surface area contributed by atoms with Gasteiger partial charge in [-0.05, 0) is 83.4 Å². The lowest BCUT2D eigenvalue weighted by molar-refractivity contribution is -0.0834. The summed E-state index contributed by atoms with van der Waals surface area (Å²) in [4.78, 5) is 0. The summed E-state index contributed by atoms with van der Waals surface area (Å²) in [5.74, 6) is 14.6. The molecule has 0 radical (unpaired) electrons. The fourth-order valence-corrected chi connectivity index (χ4v) is 14.2. The molecule has 4 unspecified atom stereocenters. The highest BCUT2D eigenvalue weighted by molar-refractivity contribution is 8.17. The van der Waals surface area contributed by atoms with Crippen molar-refractivity contribution in [1.29, 1.82) is 0 Å². The van der Waals surface area contributed by atoms with E-state index in [0.29, 0.717) is 22.3 Å². The van der Waals surface area contributed by atoms with Crippen molar-refractivity contribution in [3.8, 4) is 11.5 Å². The molecule has 0 amide bonds. The van der Waals surface area contributed by atoms with E-state index in [2.05, 4.69) is 79.7 Å².